The number of carbonyl (C=O) groups is 3. The Hall–Kier alpha value is -2.77. The number of benzene rings is 1. The van der Waals surface area contributed by atoms with Gasteiger partial charge in [-0.3, -0.25) is 19.5 Å². The Morgan fingerprint density at radius 2 is 1.86 bits per heavy atom. The van der Waals surface area contributed by atoms with Gasteiger partial charge in [-0.2, -0.15) is 0 Å². The molecule has 0 spiro atoms. The third-order valence-corrected chi connectivity index (χ3v) is 5.66. The summed E-state index contributed by atoms with van der Waals surface area (Å²) in [5.74, 6) is -0.427. The number of aromatic nitrogens is 1. The normalized spacial score (nSPS) is 21.8. The van der Waals surface area contributed by atoms with Crippen molar-refractivity contribution in [2.45, 2.75) is 31.5 Å². The summed E-state index contributed by atoms with van der Waals surface area (Å²) in [5, 5.41) is 3.77. The van der Waals surface area contributed by atoms with Crippen molar-refractivity contribution in [1.82, 2.24) is 20.1 Å². The molecule has 4 rings (SSSR count). The van der Waals surface area contributed by atoms with Crippen molar-refractivity contribution < 1.29 is 14.4 Å². The lowest BCUT2D eigenvalue weighted by Gasteiger charge is -2.46. The van der Waals surface area contributed by atoms with E-state index in [0.29, 0.717) is 23.6 Å². The average Bonchev–Trinajstić information content (AvgIpc) is 2.75. The van der Waals surface area contributed by atoms with Crippen molar-refractivity contribution in [3.05, 3.63) is 64.9 Å². The van der Waals surface area contributed by atoms with Crippen LogP contribution >= 0.6 is 11.6 Å². The quantitative estimate of drug-likeness (QED) is 0.763. The number of pyridine rings is 1. The summed E-state index contributed by atoms with van der Waals surface area (Å²) in [6.45, 7) is 0.781. The monoisotopic (exact) mass is 412 g/mol. The van der Waals surface area contributed by atoms with Crippen LogP contribution in [0.25, 0.3) is 0 Å². The second kappa shape index (κ2) is 8.31. The molecule has 1 N–H and O–H groups in total. The van der Waals surface area contributed by atoms with E-state index >= 15 is 0 Å². The third-order valence-electron chi connectivity index (χ3n) is 5.40. The molecule has 3 amide bonds. The van der Waals surface area contributed by atoms with E-state index in [-0.39, 0.29) is 30.8 Å². The van der Waals surface area contributed by atoms with Gasteiger partial charge in [0, 0.05) is 23.0 Å². The minimum absolute atomic E-state index is 0.0799. The van der Waals surface area contributed by atoms with Crippen LogP contribution in [0.2, 0.25) is 5.02 Å². The SMILES string of the molecule is O=C(CN1C(=O)N(Cc2ccncc2)C(=O)C2NCCCC21)c1ccc(Cl)cc1. The van der Waals surface area contributed by atoms with E-state index in [4.69, 9.17) is 11.6 Å². The number of nitrogens with zero attached hydrogens (tertiary/aromatic N) is 3. The second-order valence-electron chi connectivity index (χ2n) is 7.26. The summed E-state index contributed by atoms with van der Waals surface area (Å²) in [5.41, 5.74) is 1.29. The zero-order valence-electron chi connectivity index (χ0n) is 15.8. The summed E-state index contributed by atoms with van der Waals surface area (Å²) in [6, 6.07) is 8.88. The van der Waals surface area contributed by atoms with E-state index in [2.05, 4.69) is 10.3 Å². The van der Waals surface area contributed by atoms with Gasteiger partial charge < -0.3 is 10.2 Å². The van der Waals surface area contributed by atoms with Crippen LogP contribution < -0.4 is 5.32 Å². The molecule has 0 radical (unpaired) electrons. The van der Waals surface area contributed by atoms with Crippen LogP contribution in [-0.2, 0) is 11.3 Å². The van der Waals surface area contributed by atoms with Crippen molar-refractivity contribution in [3.63, 3.8) is 0 Å². The van der Waals surface area contributed by atoms with Crippen LogP contribution in [0.5, 0.6) is 0 Å². The molecule has 150 valence electrons. The van der Waals surface area contributed by atoms with Gasteiger partial charge in [-0.15, -0.1) is 0 Å². The van der Waals surface area contributed by atoms with Gasteiger partial charge in [-0.25, -0.2) is 4.79 Å². The lowest BCUT2D eigenvalue weighted by molar-refractivity contribution is -0.137. The van der Waals surface area contributed by atoms with E-state index in [1.807, 2.05) is 0 Å². The van der Waals surface area contributed by atoms with Crippen molar-refractivity contribution >= 4 is 29.3 Å². The van der Waals surface area contributed by atoms with Crippen molar-refractivity contribution in [2.75, 3.05) is 13.1 Å². The molecule has 2 aliphatic rings. The number of rotatable bonds is 5. The van der Waals surface area contributed by atoms with Gasteiger partial charge >= 0.3 is 6.03 Å². The Labute approximate surface area is 173 Å². The van der Waals surface area contributed by atoms with Crippen molar-refractivity contribution in [2.24, 2.45) is 0 Å². The Kier molecular flexibility index (Phi) is 5.60. The zero-order valence-corrected chi connectivity index (χ0v) is 16.5. The fraction of sp³-hybridized carbons (Fsp3) is 0.333. The van der Waals surface area contributed by atoms with Crippen LogP contribution in [0.3, 0.4) is 0 Å². The van der Waals surface area contributed by atoms with Crippen molar-refractivity contribution in [1.29, 1.82) is 0 Å². The van der Waals surface area contributed by atoms with E-state index in [1.54, 1.807) is 48.8 Å². The number of urea groups is 1. The number of hydrogen-bond acceptors (Lipinski definition) is 5. The highest BCUT2D eigenvalue weighted by molar-refractivity contribution is 6.30. The maximum atomic E-state index is 13.2. The van der Waals surface area contributed by atoms with Crippen LogP contribution in [-0.4, -0.2) is 57.7 Å². The average molecular weight is 413 g/mol. The molecule has 29 heavy (non-hydrogen) atoms. The molecule has 2 unspecified atom stereocenters. The molecule has 1 aromatic carbocycles. The number of nitrogens with one attached hydrogen (secondary N) is 1. The summed E-state index contributed by atoms with van der Waals surface area (Å²) >= 11 is 5.90. The fourth-order valence-corrected chi connectivity index (χ4v) is 4.03. The Bertz CT molecular complexity index is 919. The predicted molar refractivity (Wildman–Crippen MR) is 107 cm³/mol. The number of halogens is 1. The van der Waals surface area contributed by atoms with Crippen LogP contribution in [0.4, 0.5) is 4.79 Å². The number of amides is 3. The first kappa shape index (κ1) is 19.5. The predicted octanol–water partition coefficient (Wildman–Crippen LogP) is 2.50. The number of Topliss-reactive ketones (excluding diaryl/α,β-unsaturated/α-hetero) is 1. The molecule has 7 nitrogen and oxygen atoms in total. The molecule has 0 aliphatic carbocycles. The van der Waals surface area contributed by atoms with Gasteiger partial charge in [0.1, 0.15) is 6.04 Å². The molecule has 3 heterocycles. The first-order valence-electron chi connectivity index (χ1n) is 9.57. The smallest absolute Gasteiger partial charge is 0.311 e. The Morgan fingerprint density at radius 1 is 1.14 bits per heavy atom. The Morgan fingerprint density at radius 3 is 2.59 bits per heavy atom. The van der Waals surface area contributed by atoms with E-state index in [9.17, 15) is 14.4 Å². The summed E-state index contributed by atoms with van der Waals surface area (Å²) in [4.78, 5) is 45.8. The minimum atomic E-state index is -0.499. The molecule has 2 atom stereocenters. The third kappa shape index (κ3) is 4.02. The highest BCUT2D eigenvalue weighted by Gasteiger charge is 2.47. The number of ketones is 1. The largest absolute Gasteiger partial charge is 0.327 e. The van der Waals surface area contributed by atoms with Gasteiger partial charge in [-0.1, -0.05) is 11.6 Å². The number of imide groups is 1. The highest BCUT2D eigenvalue weighted by atomic mass is 35.5. The number of hydrogen-bond donors (Lipinski definition) is 1. The van der Waals surface area contributed by atoms with Gasteiger partial charge in [0.2, 0.25) is 5.91 Å². The molecule has 2 aromatic rings. The molecule has 1 aromatic heterocycles. The van der Waals surface area contributed by atoms with Gasteiger partial charge in [0.15, 0.2) is 5.78 Å². The molecular formula is C21H21ClN4O3. The first-order valence-corrected chi connectivity index (χ1v) is 9.95. The maximum absolute atomic E-state index is 13.2. The standard InChI is InChI=1S/C21H21ClN4O3/c22-16-5-3-15(4-6-16)18(27)13-25-17-2-1-9-24-19(17)20(28)26(21(25)29)12-14-7-10-23-11-8-14/h3-8,10-11,17,19,24H,1-2,9,12-13H2. The van der Waals surface area contributed by atoms with Crippen LogP contribution in [0.15, 0.2) is 48.8 Å². The number of carbonyl (C=O) groups excluding carboxylic acids is 3. The number of fused-ring (bicyclic) bond motifs is 1. The van der Waals surface area contributed by atoms with Gasteiger partial charge in [0.05, 0.1) is 19.1 Å². The molecule has 2 saturated heterocycles. The highest BCUT2D eigenvalue weighted by Crippen LogP contribution is 2.26. The molecule has 0 saturated carbocycles. The summed E-state index contributed by atoms with van der Waals surface area (Å²) in [6.07, 6.45) is 4.78. The summed E-state index contributed by atoms with van der Waals surface area (Å²) in [7, 11) is 0. The number of piperidine rings is 1. The Balaban J connectivity index is 1.59. The van der Waals surface area contributed by atoms with E-state index < -0.39 is 12.1 Å². The molecular weight excluding hydrogens is 392 g/mol. The van der Waals surface area contributed by atoms with E-state index in [1.165, 1.54) is 9.80 Å². The molecule has 2 fully saturated rings. The van der Waals surface area contributed by atoms with E-state index in [0.717, 1.165) is 12.0 Å². The fourth-order valence-electron chi connectivity index (χ4n) is 3.90. The second-order valence-corrected chi connectivity index (χ2v) is 7.70. The maximum Gasteiger partial charge on any atom is 0.327 e. The first-order chi connectivity index (χ1) is 14.0. The topological polar surface area (TPSA) is 82.6 Å². The minimum Gasteiger partial charge on any atom is -0.311 e. The summed E-state index contributed by atoms with van der Waals surface area (Å²) < 4.78 is 0. The molecule has 0 bridgehead atoms. The van der Waals surface area contributed by atoms with Crippen LogP contribution in [0, 0.1) is 0 Å². The lowest BCUT2D eigenvalue weighted by Crippen LogP contribution is -2.69. The van der Waals surface area contributed by atoms with Gasteiger partial charge in [-0.05, 0) is 61.3 Å². The molecule has 8 heteroatoms. The zero-order chi connectivity index (χ0) is 20.4. The van der Waals surface area contributed by atoms with Crippen LogP contribution in [0.1, 0.15) is 28.8 Å². The van der Waals surface area contributed by atoms with Gasteiger partial charge in [0.25, 0.3) is 0 Å². The van der Waals surface area contributed by atoms with Crippen molar-refractivity contribution in [3.8, 4) is 0 Å². The lowest BCUT2D eigenvalue weighted by atomic mass is 9.92. The molecule has 2 aliphatic heterocycles.